The van der Waals surface area contributed by atoms with E-state index in [0.29, 0.717) is 18.9 Å². The number of Topliss-reactive ketones (excluding diaryl/α,β-unsaturated/α-hetero) is 1. The lowest BCUT2D eigenvalue weighted by Gasteiger charge is -2.41. The van der Waals surface area contributed by atoms with E-state index in [4.69, 9.17) is 4.74 Å². The molecule has 3 rings (SSSR count). The summed E-state index contributed by atoms with van der Waals surface area (Å²) in [6, 6.07) is -0.0737. The van der Waals surface area contributed by atoms with Crippen LogP contribution >= 0.6 is 15.9 Å². The van der Waals surface area contributed by atoms with Gasteiger partial charge in [-0.05, 0) is 12.3 Å². The Bertz CT molecular complexity index is 438. The molecule has 4 bridgehead atoms. The van der Waals surface area contributed by atoms with E-state index in [1.807, 2.05) is 6.08 Å². The Hall–Kier alpha value is -0.840. The number of ether oxygens (including phenoxy) is 1. The summed E-state index contributed by atoms with van der Waals surface area (Å²) in [6.45, 7) is 4.50. The summed E-state index contributed by atoms with van der Waals surface area (Å²) in [5.41, 5.74) is -0.248. The molecule has 0 aromatic carbocycles. The average Bonchev–Trinajstić information content (AvgIpc) is 2.81. The van der Waals surface area contributed by atoms with Crippen LogP contribution in [0, 0.1) is 17.3 Å². The number of ketones is 1. The van der Waals surface area contributed by atoms with E-state index in [0.717, 1.165) is 6.42 Å². The Balaban J connectivity index is 2.06. The van der Waals surface area contributed by atoms with Crippen LogP contribution in [-0.4, -0.2) is 41.3 Å². The Morgan fingerprint density at radius 3 is 2.94 bits per heavy atom. The lowest BCUT2D eigenvalue weighted by molar-refractivity contribution is -0.127. The van der Waals surface area contributed by atoms with Crippen LogP contribution in [0.4, 0.5) is 4.79 Å². The number of hydrogen-bond acceptors (Lipinski definition) is 3. The van der Waals surface area contributed by atoms with E-state index >= 15 is 0 Å². The highest BCUT2D eigenvalue weighted by atomic mass is 79.9. The second-order valence-electron chi connectivity index (χ2n) is 5.44. The molecule has 0 aromatic rings. The monoisotopic (exact) mass is 313 g/mol. The van der Waals surface area contributed by atoms with Crippen molar-refractivity contribution in [3.8, 4) is 0 Å². The molecule has 0 radical (unpaired) electrons. The number of nitrogens with zero attached hydrogens (tertiary/aromatic N) is 1. The number of likely N-dealkylation sites (tertiary alicyclic amines) is 1. The number of alkyl halides is 1. The molecule has 0 aromatic heterocycles. The minimum Gasteiger partial charge on any atom is -0.453 e. The Morgan fingerprint density at radius 2 is 2.39 bits per heavy atom. The lowest BCUT2D eigenvalue weighted by atomic mass is 9.66. The van der Waals surface area contributed by atoms with Gasteiger partial charge in [-0.3, -0.25) is 4.79 Å². The SMILES string of the molecule is C=C[C@]12CN(C(=O)OC)[C@@H]3[C@H](Br)[C@H]1CCC(=O)[C@@H]32. The van der Waals surface area contributed by atoms with Gasteiger partial charge in [0.2, 0.25) is 0 Å². The molecule has 1 amide bonds. The zero-order valence-corrected chi connectivity index (χ0v) is 11.9. The fraction of sp³-hybridized carbons (Fsp3) is 0.692. The van der Waals surface area contributed by atoms with Crippen LogP contribution in [0.5, 0.6) is 0 Å². The van der Waals surface area contributed by atoms with Crippen molar-refractivity contribution < 1.29 is 14.3 Å². The number of halogens is 1. The lowest BCUT2D eigenvalue weighted by Crippen LogP contribution is -2.48. The van der Waals surface area contributed by atoms with Crippen LogP contribution in [-0.2, 0) is 9.53 Å². The summed E-state index contributed by atoms with van der Waals surface area (Å²) in [4.78, 5) is 25.9. The Labute approximate surface area is 114 Å². The normalized spacial score (nSPS) is 45.2. The van der Waals surface area contributed by atoms with Crippen molar-refractivity contribution in [3.05, 3.63) is 12.7 Å². The second kappa shape index (κ2) is 3.83. The van der Waals surface area contributed by atoms with Crippen LogP contribution in [0.25, 0.3) is 0 Å². The van der Waals surface area contributed by atoms with Gasteiger partial charge >= 0.3 is 6.09 Å². The summed E-state index contributed by atoms with van der Waals surface area (Å²) < 4.78 is 4.83. The van der Waals surface area contributed by atoms with Gasteiger partial charge in [-0.1, -0.05) is 22.0 Å². The molecule has 4 nitrogen and oxygen atoms in total. The third-order valence-electron chi connectivity index (χ3n) is 4.96. The van der Waals surface area contributed by atoms with E-state index < -0.39 is 0 Å². The van der Waals surface area contributed by atoms with Crippen molar-refractivity contribution in [2.45, 2.75) is 23.7 Å². The van der Waals surface area contributed by atoms with Crippen molar-refractivity contribution in [2.24, 2.45) is 17.3 Å². The second-order valence-corrected chi connectivity index (χ2v) is 6.50. The molecule has 5 atom stereocenters. The van der Waals surface area contributed by atoms with Gasteiger partial charge in [-0.25, -0.2) is 4.79 Å². The topological polar surface area (TPSA) is 46.6 Å². The molecule has 2 saturated carbocycles. The first-order chi connectivity index (χ1) is 8.56. The molecule has 1 saturated heterocycles. The molecule has 5 heteroatoms. The van der Waals surface area contributed by atoms with Gasteiger partial charge in [0, 0.05) is 23.2 Å². The maximum absolute atomic E-state index is 12.2. The van der Waals surface area contributed by atoms with Gasteiger partial charge in [-0.15, -0.1) is 6.58 Å². The van der Waals surface area contributed by atoms with Gasteiger partial charge in [0.25, 0.3) is 0 Å². The Morgan fingerprint density at radius 1 is 1.67 bits per heavy atom. The highest BCUT2D eigenvalue weighted by Gasteiger charge is 2.70. The largest absolute Gasteiger partial charge is 0.453 e. The van der Waals surface area contributed by atoms with Gasteiger partial charge in [-0.2, -0.15) is 0 Å². The van der Waals surface area contributed by atoms with E-state index in [9.17, 15) is 9.59 Å². The van der Waals surface area contributed by atoms with E-state index in [-0.39, 0.29) is 34.1 Å². The standard InChI is InChI=1S/C13H16BrNO3/c1-3-13-6-15(12(17)18-2)11-9(13)8(16)5-4-7(13)10(11)14/h3,7,9-11H,1,4-6H2,2H3/t7-,9+,10-,11+,13+/m1/s1. The molecule has 18 heavy (non-hydrogen) atoms. The van der Waals surface area contributed by atoms with Crippen molar-refractivity contribution in [1.29, 1.82) is 0 Å². The minimum atomic E-state index is -0.341. The zero-order chi connectivity index (χ0) is 13.1. The first-order valence-electron chi connectivity index (χ1n) is 6.22. The predicted molar refractivity (Wildman–Crippen MR) is 69.5 cm³/mol. The number of methoxy groups -OCH3 is 1. The highest BCUT2D eigenvalue weighted by molar-refractivity contribution is 9.09. The molecular formula is C13H16BrNO3. The molecule has 2 aliphatic carbocycles. The number of carbonyl (C=O) groups is 2. The fourth-order valence-corrected chi connectivity index (χ4v) is 5.60. The summed E-state index contributed by atoms with van der Waals surface area (Å²) in [7, 11) is 1.38. The number of piperidine rings is 1. The molecule has 0 N–H and O–H groups in total. The molecule has 1 heterocycles. The molecular weight excluding hydrogens is 298 g/mol. The third kappa shape index (κ3) is 1.21. The summed E-state index contributed by atoms with van der Waals surface area (Å²) in [5.74, 6) is 0.574. The number of amides is 1. The number of hydrogen-bond donors (Lipinski definition) is 0. The summed E-state index contributed by atoms with van der Waals surface area (Å²) in [6.07, 6.45) is 3.07. The van der Waals surface area contributed by atoms with Crippen LogP contribution < -0.4 is 0 Å². The average molecular weight is 314 g/mol. The van der Waals surface area contributed by atoms with Gasteiger partial charge in [0.1, 0.15) is 5.78 Å². The predicted octanol–water partition coefficient (Wildman–Crippen LogP) is 1.98. The smallest absolute Gasteiger partial charge is 0.409 e. The van der Waals surface area contributed by atoms with Crippen molar-refractivity contribution in [3.63, 3.8) is 0 Å². The minimum absolute atomic E-state index is 0.0737. The van der Waals surface area contributed by atoms with Crippen molar-refractivity contribution >= 4 is 27.8 Å². The highest BCUT2D eigenvalue weighted by Crippen LogP contribution is 2.63. The molecule has 1 aliphatic heterocycles. The quantitative estimate of drug-likeness (QED) is 0.549. The van der Waals surface area contributed by atoms with Crippen molar-refractivity contribution in [2.75, 3.05) is 13.7 Å². The fourth-order valence-electron chi connectivity index (χ4n) is 4.25. The van der Waals surface area contributed by atoms with Crippen LogP contribution in [0.2, 0.25) is 0 Å². The van der Waals surface area contributed by atoms with Gasteiger partial charge in [0.15, 0.2) is 0 Å². The molecule has 98 valence electrons. The van der Waals surface area contributed by atoms with Gasteiger partial charge < -0.3 is 9.64 Å². The first-order valence-corrected chi connectivity index (χ1v) is 7.13. The number of carbonyl (C=O) groups excluding carboxylic acids is 2. The van der Waals surface area contributed by atoms with Gasteiger partial charge in [0.05, 0.1) is 19.1 Å². The molecule has 0 spiro atoms. The maximum atomic E-state index is 12.2. The molecule has 3 fully saturated rings. The van der Waals surface area contributed by atoms with Crippen LogP contribution in [0.1, 0.15) is 12.8 Å². The van der Waals surface area contributed by atoms with E-state index in [1.165, 1.54) is 7.11 Å². The van der Waals surface area contributed by atoms with Crippen LogP contribution in [0.3, 0.4) is 0 Å². The molecule has 0 unspecified atom stereocenters. The number of rotatable bonds is 1. The van der Waals surface area contributed by atoms with Crippen molar-refractivity contribution in [1.82, 2.24) is 4.90 Å². The zero-order valence-electron chi connectivity index (χ0n) is 10.3. The first kappa shape index (κ1) is 12.2. The summed E-state index contributed by atoms with van der Waals surface area (Å²) >= 11 is 3.69. The third-order valence-corrected chi connectivity index (χ3v) is 6.14. The Kier molecular flexibility index (Phi) is 2.59. The van der Waals surface area contributed by atoms with E-state index in [1.54, 1.807) is 4.90 Å². The van der Waals surface area contributed by atoms with E-state index in [2.05, 4.69) is 22.5 Å². The summed E-state index contributed by atoms with van der Waals surface area (Å²) in [5, 5.41) is 0. The maximum Gasteiger partial charge on any atom is 0.409 e. The van der Waals surface area contributed by atoms with Crippen LogP contribution in [0.15, 0.2) is 12.7 Å². The molecule has 3 aliphatic rings.